The summed E-state index contributed by atoms with van der Waals surface area (Å²) in [5.41, 5.74) is 2.98. The third-order valence-electron chi connectivity index (χ3n) is 5.90. The Kier molecular flexibility index (Phi) is 7.75. The van der Waals surface area contributed by atoms with Gasteiger partial charge in [-0.05, 0) is 67.1 Å². The molecule has 194 valence electrons. The second kappa shape index (κ2) is 11.7. The lowest BCUT2D eigenvalue weighted by Crippen LogP contribution is -2.25. The molecule has 0 N–H and O–H groups in total. The molecule has 0 unspecified atom stereocenters. The Hall–Kier alpha value is -4.82. The summed E-state index contributed by atoms with van der Waals surface area (Å²) in [6.45, 7) is 2.50. The quantitative estimate of drug-likeness (QED) is 0.120. The van der Waals surface area contributed by atoms with Crippen LogP contribution in [0.25, 0.3) is 10.2 Å². The van der Waals surface area contributed by atoms with Gasteiger partial charge in [0.25, 0.3) is 5.91 Å². The van der Waals surface area contributed by atoms with E-state index < -0.39 is 0 Å². The van der Waals surface area contributed by atoms with Gasteiger partial charge < -0.3 is 9.47 Å². The fourth-order valence-corrected chi connectivity index (χ4v) is 4.83. The monoisotopic (exact) mass is 535 g/mol. The van der Waals surface area contributed by atoms with Crippen molar-refractivity contribution in [1.29, 1.82) is 0 Å². The number of hydrogen-bond acceptors (Lipinski definition) is 7. The highest BCUT2D eigenvalue weighted by atomic mass is 32.1. The highest BCUT2D eigenvalue weighted by molar-refractivity contribution is 7.22. The van der Waals surface area contributed by atoms with Crippen LogP contribution in [0.1, 0.15) is 38.8 Å². The number of ether oxygens (including phenoxy) is 2. The molecule has 0 bridgehead atoms. The number of carbonyl (C=O) groups is 2. The van der Waals surface area contributed by atoms with Crippen LogP contribution in [-0.4, -0.2) is 36.6 Å². The van der Waals surface area contributed by atoms with Gasteiger partial charge >= 0.3 is 0 Å². The number of methoxy groups -OCH3 is 1. The van der Waals surface area contributed by atoms with E-state index in [1.54, 1.807) is 49.7 Å². The number of benzene rings is 4. The molecule has 0 saturated heterocycles. The van der Waals surface area contributed by atoms with Crippen molar-refractivity contribution >= 4 is 44.6 Å². The third kappa shape index (κ3) is 5.86. The summed E-state index contributed by atoms with van der Waals surface area (Å²) in [5.74, 6) is 0.974. The van der Waals surface area contributed by atoms with Crippen molar-refractivity contribution in [3.05, 3.63) is 119 Å². The number of hydrazone groups is 1. The van der Waals surface area contributed by atoms with Crippen molar-refractivity contribution in [2.45, 2.75) is 6.92 Å². The Bertz CT molecular complexity index is 1630. The lowest BCUT2D eigenvalue weighted by atomic mass is 10.0. The fraction of sp³-hybridized carbons (Fsp3) is 0.0968. The second-order valence-electron chi connectivity index (χ2n) is 8.47. The SMILES string of the molecule is CCOc1ccc(/C=N/N(C(=O)c2ccc(C(=O)c3ccccc3)cc2)c2nc3ccc(OC)cc3s2)cc1. The molecule has 0 aliphatic rings. The number of rotatable bonds is 9. The lowest BCUT2D eigenvalue weighted by molar-refractivity contribution is 0.0985. The van der Waals surface area contributed by atoms with E-state index in [9.17, 15) is 9.59 Å². The molecule has 7 nitrogen and oxygen atoms in total. The van der Waals surface area contributed by atoms with Crippen molar-refractivity contribution < 1.29 is 19.1 Å². The summed E-state index contributed by atoms with van der Waals surface area (Å²) in [7, 11) is 1.60. The molecule has 8 heteroatoms. The predicted octanol–water partition coefficient (Wildman–Crippen LogP) is 6.62. The molecule has 39 heavy (non-hydrogen) atoms. The number of carbonyl (C=O) groups excluding carboxylic acids is 2. The maximum absolute atomic E-state index is 13.7. The maximum atomic E-state index is 13.7. The molecule has 1 aromatic heterocycles. The zero-order valence-electron chi connectivity index (χ0n) is 21.4. The number of aromatic nitrogens is 1. The molecule has 0 aliphatic carbocycles. The van der Waals surface area contributed by atoms with Gasteiger partial charge in [-0.15, -0.1) is 0 Å². The van der Waals surface area contributed by atoms with Crippen LogP contribution >= 0.6 is 11.3 Å². The van der Waals surface area contributed by atoms with Crippen molar-refractivity contribution in [2.24, 2.45) is 5.10 Å². The minimum absolute atomic E-state index is 0.111. The van der Waals surface area contributed by atoms with E-state index >= 15 is 0 Å². The Morgan fingerprint density at radius 1 is 0.872 bits per heavy atom. The Morgan fingerprint density at radius 3 is 2.23 bits per heavy atom. The van der Waals surface area contributed by atoms with Gasteiger partial charge in [0.05, 0.1) is 30.1 Å². The molecular weight excluding hydrogens is 510 g/mol. The Labute approximate surface area is 230 Å². The average Bonchev–Trinajstić information content (AvgIpc) is 3.41. The number of amides is 1. The highest BCUT2D eigenvalue weighted by Gasteiger charge is 2.22. The molecular formula is C31H25N3O4S. The van der Waals surface area contributed by atoms with E-state index in [2.05, 4.69) is 10.1 Å². The van der Waals surface area contributed by atoms with Gasteiger partial charge in [-0.1, -0.05) is 53.8 Å². The minimum atomic E-state index is -0.373. The molecule has 1 amide bonds. The maximum Gasteiger partial charge on any atom is 0.280 e. The predicted molar refractivity (Wildman–Crippen MR) is 155 cm³/mol. The van der Waals surface area contributed by atoms with Gasteiger partial charge in [-0.25, -0.2) is 4.98 Å². The molecule has 5 aromatic rings. The number of ketones is 1. The summed E-state index contributed by atoms with van der Waals surface area (Å²) < 4.78 is 11.7. The van der Waals surface area contributed by atoms with Crippen LogP contribution in [0.3, 0.4) is 0 Å². The topological polar surface area (TPSA) is 81.1 Å². The van der Waals surface area contributed by atoms with Gasteiger partial charge in [-0.2, -0.15) is 10.1 Å². The number of thiazole rings is 1. The average molecular weight is 536 g/mol. The van der Waals surface area contributed by atoms with Crippen molar-refractivity contribution in [2.75, 3.05) is 18.7 Å². The van der Waals surface area contributed by atoms with Crippen molar-refractivity contribution in [3.63, 3.8) is 0 Å². The number of fused-ring (bicyclic) bond motifs is 1. The summed E-state index contributed by atoms with van der Waals surface area (Å²) >= 11 is 1.33. The molecule has 4 aromatic carbocycles. The van der Waals surface area contributed by atoms with Gasteiger partial charge in [-0.3, -0.25) is 9.59 Å². The first-order valence-electron chi connectivity index (χ1n) is 12.3. The van der Waals surface area contributed by atoms with Gasteiger partial charge in [0.15, 0.2) is 5.78 Å². The van der Waals surface area contributed by atoms with E-state index in [-0.39, 0.29) is 11.7 Å². The van der Waals surface area contributed by atoms with E-state index in [1.165, 1.54) is 16.3 Å². The van der Waals surface area contributed by atoms with Crippen LogP contribution in [0.5, 0.6) is 11.5 Å². The summed E-state index contributed by atoms with van der Waals surface area (Å²) in [5, 5.41) is 6.22. The standard InChI is InChI=1S/C31H25N3O4S/c1-3-38-25-15-9-21(10-16-25)20-32-34(31-33-27-18-17-26(37-2)19-28(27)39-31)30(36)24-13-11-23(12-14-24)29(35)22-7-5-4-6-8-22/h4-20H,3H2,1-2H3/b32-20+. The van der Waals surface area contributed by atoms with Crippen LogP contribution in [0.4, 0.5) is 5.13 Å². The first-order chi connectivity index (χ1) is 19.1. The molecule has 0 atom stereocenters. The van der Waals surface area contributed by atoms with Crippen LogP contribution in [-0.2, 0) is 0 Å². The van der Waals surface area contributed by atoms with Crippen LogP contribution < -0.4 is 14.5 Å². The second-order valence-corrected chi connectivity index (χ2v) is 9.48. The number of hydrogen-bond donors (Lipinski definition) is 0. The van der Waals surface area contributed by atoms with E-state index in [1.807, 2.05) is 67.6 Å². The van der Waals surface area contributed by atoms with E-state index in [4.69, 9.17) is 9.47 Å². The third-order valence-corrected chi connectivity index (χ3v) is 6.89. The first-order valence-corrected chi connectivity index (χ1v) is 13.1. The fourth-order valence-electron chi connectivity index (χ4n) is 3.88. The summed E-state index contributed by atoms with van der Waals surface area (Å²) in [4.78, 5) is 31.2. The number of nitrogens with zero attached hydrogens (tertiary/aromatic N) is 3. The van der Waals surface area contributed by atoms with Gasteiger partial charge in [0, 0.05) is 16.7 Å². The zero-order chi connectivity index (χ0) is 27.2. The first kappa shape index (κ1) is 25.8. The van der Waals surface area contributed by atoms with Crippen LogP contribution in [0.15, 0.2) is 102 Å². The Balaban J connectivity index is 1.47. The summed E-state index contributed by atoms with van der Waals surface area (Å²) in [6, 6.07) is 28.6. The largest absolute Gasteiger partial charge is 0.497 e. The van der Waals surface area contributed by atoms with Gasteiger partial charge in [0.2, 0.25) is 5.13 Å². The number of anilines is 1. The molecule has 0 saturated carbocycles. The molecule has 0 fully saturated rings. The Morgan fingerprint density at radius 2 is 1.54 bits per heavy atom. The normalized spacial score (nSPS) is 11.0. The summed E-state index contributed by atoms with van der Waals surface area (Å²) in [6.07, 6.45) is 1.60. The van der Waals surface area contributed by atoms with Crippen molar-refractivity contribution in [3.8, 4) is 11.5 Å². The molecule has 5 rings (SSSR count). The van der Waals surface area contributed by atoms with Gasteiger partial charge in [0.1, 0.15) is 11.5 Å². The van der Waals surface area contributed by atoms with Crippen LogP contribution in [0, 0.1) is 0 Å². The van der Waals surface area contributed by atoms with Crippen LogP contribution in [0.2, 0.25) is 0 Å². The molecule has 0 radical (unpaired) electrons. The van der Waals surface area contributed by atoms with E-state index in [0.717, 1.165) is 21.5 Å². The highest BCUT2D eigenvalue weighted by Crippen LogP contribution is 2.32. The minimum Gasteiger partial charge on any atom is -0.497 e. The lowest BCUT2D eigenvalue weighted by Gasteiger charge is -2.14. The smallest absolute Gasteiger partial charge is 0.280 e. The van der Waals surface area contributed by atoms with Crippen molar-refractivity contribution in [1.82, 2.24) is 4.98 Å². The van der Waals surface area contributed by atoms with E-state index in [0.29, 0.717) is 34.2 Å². The molecule has 0 spiro atoms. The molecule has 0 aliphatic heterocycles. The zero-order valence-corrected chi connectivity index (χ0v) is 22.2. The molecule has 1 heterocycles.